The highest BCUT2D eigenvalue weighted by molar-refractivity contribution is 5.28. The molecule has 1 aromatic rings. The van der Waals surface area contributed by atoms with E-state index in [9.17, 15) is 0 Å². The Bertz CT molecular complexity index is 263. The van der Waals surface area contributed by atoms with Crippen molar-refractivity contribution >= 4 is 0 Å². The molecular formula is C11H14O. The molecule has 0 heterocycles. The van der Waals surface area contributed by atoms with Crippen LogP contribution in [-0.2, 0) is 13.0 Å². The first kappa shape index (κ1) is 9.01. The van der Waals surface area contributed by atoms with Crippen LogP contribution in [0.4, 0.5) is 0 Å². The van der Waals surface area contributed by atoms with Crippen LogP contribution < -0.4 is 0 Å². The summed E-state index contributed by atoms with van der Waals surface area (Å²) >= 11 is 0. The van der Waals surface area contributed by atoms with Crippen molar-refractivity contribution in [2.24, 2.45) is 0 Å². The number of aliphatic hydroxyl groups excluding tert-OH is 1. The molecule has 0 fully saturated rings. The number of hydrogen-bond donors (Lipinski definition) is 1. The van der Waals surface area contributed by atoms with Crippen LogP contribution in [0.25, 0.3) is 0 Å². The summed E-state index contributed by atoms with van der Waals surface area (Å²) in [5.41, 5.74) is 2.23. The van der Waals surface area contributed by atoms with E-state index in [1.54, 1.807) is 0 Å². The maximum atomic E-state index is 8.99. The zero-order valence-corrected chi connectivity index (χ0v) is 7.33. The minimum Gasteiger partial charge on any atom is -0.392 e. The number of allylic oxidation sites excluding steroid dienone is 2. The molecule has 1 aromatic carbocycles. The lowest BCUT2D eigenvalue weighted by Gasteiger charge is -2.02. The molecule has 0 aliphatic rings. The Morgan fingerprint density at radius 3 is 2.50 bits per heavy atom. The zero-order valence-electron chi connectivity index (χ0n) is 7.33. The second kappa shape index (κ2) is 4.73. The van der Waals surface area contributed by atoms with E-state index in [4.69, 9.17) is 5.11 Å². The Hall–Kier alpha value is -1.08. The van der Waals surface area contributed by atoms with Crippen molar-refractivity contribution < 1.29 is 5.11 Å². The van der Waals surface area contributed by atoms with Crippen molar-refractivity contribution in [3.8, 4) is 0 Å². The van der Waals surface area contributed by atoms with Gasteiger partial charge in [0, 0.05) is 0 Å². The van der Waals surface area contributed by atoms with Gasteiger partial charge >= 0.3 is 0 Å². The van der Waals surface area contributed by atoms with E-state index in [2.05, 4.69) is 6.08 Å². The van der Waals surface area contributed by atoms with Gasteiger partial charge in [-0.3, -0.25) is 0 Å². The van der Waals surface area contributed by atoms with E-state index in [1.807, 2.05) is 37.3 Å². The average molecular weight is 162 g/mol. The Morgan fingerprint density at radius 2 is 1.92 bits per heavy atom. The molecule has 0 bridgehead atoms. The third kappa shape index (κ3) is 2.21. The lowest BCUT2D eigenvalue weighted by atomic mass is 10.1. The van der Waals surface area contributed by atoms with Gasteiger partial charge in [0.1, 0.15) is 0 Å². The summed E-state index contributed by atoms with van der Waals surface area (Å²) in [5.74, 6) is 0. The van der Waals surface area contributed by atoms with Crippen molar-refractivity contribution in [3.63, 3.8) is 0 Å². The van der Waals surface area contributed by atoms with E-state index in [0.29, 0.717) is 0 Å². The van der Waals surface area contributed by atoms with Gasteiger partial charge in [0.05, 0.1) is 6.61 Å². The highest BCUT2D eigenvalue weighted by Crippen LogP contribution is 2.09. The highest BCUT2D eigenvalue weighted by atomic mass is 16.3. The first-order valence-electron chi connectivity index (χ1n) is 4.17. The molecule has 1 nitrogen and oxygen atoms in total. The smallest absolute Gasteiger partial charge is 0.0684 e. The SMILES string of the molecule is C/C=C/Cc1ccccc1CO. The van der Waals surface area contributed by atoms with Crippen molar-refractivity contribution in [3.05, 3.63) is 47.5 Å². The molecule has 12 heavy (non-hydrogen) atoms. The van der Waals surface area contributed by atoms with Gasteiger partial charge in [-0.1, -0.05) is 36.4 Å². The summed E-state index contributed by atoms with van der Waals surface area (Å²) in [6.45, 7) is 2.13. The first-order chi connectivity index (χ1) is 5.88. The van der Waals surface area contributed by atoms with Crippen LogP contribution in [0.2, 0.25) is 0 Å². The summed E-state index contributed by atoms with van der Waals surface area (Å²) in [7, 11) is 0. The fourth-order valence-electron chi connectivity index (χ4n) is 1.16. The third-order valence-electron chi connectivity index (χ3n) is 1.86. The standard InChI is InChI=1S/C11H14O/c1-2-3-6-10-7-4-5-8-11(10)9-12/h2-5,7-8,12H,6,9H2,1H3/b3-2+. The summed E-state index contributed by atoms with van der Waals surface area (Å²) in [6.07, 6.45) is 5.02. The molecule has 64 valence electrons. The fourth-order valence-corrected chi connectivity index (χ4v) is 1.16. The Kier molecular flexibility index (Phi) is 3.55. The van der Waals surface area contributed by atoms with Gasteiger partial charge in [0.25, 0.3) is 0 Å². The molecule has 0 aromatic heterocycles. The summed E-state index contributed by atoms with van der Waals surface area (Å²) in [5, 5.41) is 8.99. The fraction of sp³-hybridized carbons (Fsp3) is 0.273. The van der Waals surface area contributed by atoms with Crippen LogP contribution >= 0.6 is 0 Å². The molecule has 0 saturated carbocycles. The van der Waals surface area contributed by atoms with Gasteiger partial charge in [-0.15, -0.1) is 0 Å². The molecule has 0 radical (unpaired) electrons. The molecule has 0 atom stereocenters. The number of benzene rings is 1. The molecule has 0 amide bonds. The van der Waals surface area contributed by atoms with Gasteiger partial charge in [-0.05, 0) is 24.5 Å². The van der Waals surface area contributed by atoms with Gasteiger partial charge in [0.15, 0.2) is 0 Å². The van der Waals surface area contributed by atoms with E-state index in [1.165, 1.54) is 5.56 Å². The molecule has 0 saturated heterocycles. The molecular weight excluding hydrogens is 148 g/mol. The lowest BCUT2D eigenvalue weighted by molar-refractivity contribution is 0.281. The largest absolute Gasteiger partial charge is 0.392 e. The van der Waals surface area contributed by atoms with Gasteiger partial charge in [-0.25, -0.2) is 0 Å². The minimum atomic E-state index is 0.133. The number of hydrogen-bond acceptors (Lipinski definition) is 1. The number of rotatable bonds is 3. The lowest BCUT2D eigenvalue weighted by Crippen LogP contribution is -1.91. The monoisotopic (exact) mass is 162 g/mol. The predicted molar refractivity (Wildman–Crippen MR) is 50.9 cm³/mol. The second-order valence-corrected chi connectivity index (χ2v) is 2.70. The van der Waals surface area contributed by atoms with Crippen molar-refractivity contribution in [1.82, 2.24) is 0 Å². The quantitative estimate of drug-likeness (QED) is 0.676. The highest BCUT2D eigenvalue weighted by Gasteiger charge is 1.96. The van der Waals surface area contributed by atoms with E-state index in [0.717, 1.165) is 12.0 Å². The van der Waals surface area contributed by atoms with Crippen LogP contribution in [0, 0.1) is 0 Å². The van der Waals surface area contributed by atoms with Crippen molar-refractivity contribution in [2.75, 3.05) is 0 Å². The average Bonchev–Trinajstić information content (AvgIpc) is 2.15. The summed E-state index contributed by atoms with van der Waals surface area (Å²) < 4.78 is 0. The molecule has 1 heteroatoms. The van der Waals surface area contributed by atoms with E-state index >= 15 is 0 Å². The van der Waals surface area contributed by atoms with Crippen molar-refractivity contribution in [1.29, 1.82) is 0 Å². The van der Waals surface area contributed by atoms with Crippen LogP contribution in [0.3, 0.4) is 0 Å². The van der Waals surface area contributed by atoms with E-state index in [-0.39, 0.29) is 6.61 Å². The van der Waals surface area contributed by atoms with Gasteiger partial charge < -0.3 is 5.11 Å². The Labute approximate surface area is 73.4 Å². The molecule has 1 rings (SSSR count). The Morgan fingerprint density at radius 1 is 1.25 bits per heavy atom. The molecule has 0 aliphatic carbocycles. The van der Waals surface area contributed by atoms with Gasteiger partial charge in [-0.2, -0.15) is 0 Å². The predicted octanol–water partition coefficient (Wildman–Crippen LogP) is 2.30. The van der Waals surface area contributed by atoms with Crippen LogP contribution in [-0.4, -0.2) is 5.11 Å². The normalized spacial score (nSPS) is 10.8. The summed E-state index contributed by atoms with van der Waals surface area (Å²) in [6, 6.07) is 7.95. The van der Waals surface area contributed by atoms with E-state index < -0.39 is 0 Å². The van der Waals surface area contributed by atoms with Crippen LogP contribution in [0.5, 0.6) is 0 Å². The minimum absolute atomic E-state index is 0.133. The third-order valence-corrected chi connectivity index (χ3v) is 1.86. The number of aliphatic hydroxyl groups is 1. The first-order valence-corrected chi connectivity index (χ1v) is 4.17. The molecule has 1 N–H and O–H groups in total. The maximum absolute atomic E-state index is 8.99. The maximum Gasteiger partial charge on any atom is 0.0684 e. The van der Waals surface area contributed by atoms with Gasteiger partial charge in [0.2, 0.25) is 0 Å². The Balaban J connectivity index is 2.81. The topological polar surface area (TPSA) is 20.2 Å². The molecule has 0 unspecified atom stereocenters. The zero-order chi connectivity index (χ0) is 8.81. The van der Waals surface area contributed by atoms with Crippen LogP contribution in [0.1, 0.15) is 18.1 Å². The second-order valence-electron chi connectivity index (χ2n) is 2.70. The van der Waals surface area contributed by atoms with Crippen LogP contribution in [0.15, 0.2) is 36.4 Å². The summed E-state index contributed by atoms with van der Waals surface area (Å²) in [4.78, 5) is 0. The van der Waals surface area contributed by atoms with Crippen molar-refractivity contribution in [2.45, 2.75) is 20.0 Å². The molecule has 0 aliphatic heterocycles. The molecule has 0 spiro atoms.